The van der Waals surface area contributed by atoms with E-state index in [9.17, 15) is 9.59 Å². The Morgan fingerprint density at radius 3 is 2.45 bits per heavy atom. The van der Waals surface area contributed by atoms with Crippen LogP contribution in [0.5, 0.6) is 0 Å². The van der Waals surface area contributed by atoms with Crippen molar-refractivity contribution in [3.05, 3.63) is 0 Å². The number of hydrogen-bond acceptors (Lipinski definition) is 3. The van der Waals surface area contributed by atoms with E-state index >= 15 is 0 Å². The highest BCUT2D eigenvalue weighted by atomic mass is 16.4. The fourth-order valence-corrected chi connectivity index (χ4v) is 0.819. The molecule has 0 unspecified atom stereocenters. The number of Topliss-reactive ketones (excluding diaryl/α,β-unsaturated/α-hetero) is 1. The number of likely N-dealkylation sites (N-methyl/N-ethyl adjacent to an activating group) is 1. The van der Waals surface area contributed by atoms with E-state index in [4.69, 9.17) is 5.11 Å². The lowest BCUT2D eigenvalue weighted by atomic mass is 10.1. The largest absolute Gasteiger partial charge is 1.00 e. The van der Waals surface area contributed by atoms with E-state index in [-0.39, 0.29) is 19.7 Å². The van der Waals surface area contributed by atoms with Gasteiger partial charge in [-0.25, -0.2) is 0 Å². The predicted octanol–water partition coefficient (Wildman–Crippen LogP) is 0.141. The summed E-state index contributed by atoms with van der Waals surface area (Å²) in [5, 5.41) is 11.0. The van der Waals surface area contributed by atoms with Gasteiger partial charge in [0.15, 0.2) is 0 Å². The normalized spacial score (nSPS) is 12.5. The van der Waals surface area contributed by atoms with Gasteiger partial charge in [0.1, 0.15) is 5.78 Å². The van der Waals surface area contributed by atoms with Crippen molar-refractivity contribution in [2.45, 2.75) is 25.8 Å². The lowest BCUT2D eigenvalue weighted by molar-refractivity contribution is -0.137. The third kappa shape index (κ3) is 4.50. The van der Waals surface area contributed by atoms with Crippen LogP contribution in [0.25, 0.3) is 0 Å². The van der Waals surface area contributed by atoms with Crippen LogP contribution in [0.1, 0.15) is 21.2 Å². The maximum absolute atomic E-state index is 10.7. The summed E-state index contributed by atoms with van der Waals surface area (Å²) in [7, 11) is 1.65. The summed E-state index contributed by atoms with van der Waals surface area (Å²) < 4.78 is 0. The number of nitrogens with one attached hydrogen (secondary N) is 1. The van der Waals surface area contributed by atoms with Crippen LogP contribution in [0.2, 0.25) is 0 Å². The number of carboxylic acids is 1. The van der Waals surface area contributed by atoms with Crippen LogP contribution in [0.15, 0.2) is 0 Å². The van der Waals surface area contributed by atoms with Crippen molar-refractivity contribution < 1.29 is 16.1 Å². The van der Waals surface area contributed by atoms with E-state index in [1.165, 1.54) is 6.92 Å². The molecule has 0 heterocycles. The highest BCUT2D eigenvalue weighted by Crippen LogP contribution is 1.97. The second-order valence-electron chi connectivity index (χ2n) is 2.38. The molecule has 2 N–H and O–H groups in total. The van der Waals surface area contributed by atoms with Crippen LogP contribution in [-0.4, -0.2) is 29.9 Å². The molecule has 0 aromatic carbocycles. The Morgan fingerprint density at radius 2 is 2.18 bits per heavy atom. The Labute approximate surface area is 67.1 Å². The number of rotatable bonds is 5. The molecule has 0 rings (SSSR count). The molecule has 0 aromatic heterocycles. The molecule has 0 amide bonds. The van der Waals surface area contributed by atoms with Gasteiger partial charge in [0.25, 0.3) is 0 Å². The molecule has 0 radical (unpaired) electrons. The maximum atomic E-state index is 10.7. The fraction of sp³-hybridized carbons (Fsp3) is 0.714. The number of carbonyl (C=O) groups is 2. The number of aliphatic carboxylic acids is 1. The highest BCUT2D eigenvalue weighted by Gasteiger charge is 2.12. The zero-order chi connectivity index (χ0) is 8.85. The van der Waals surface area contributed by atoms with Gasteiger partial charge in [0, 0.05) is 6.42 Å². The zero-order valence-electron chi connectivity index (χ0n) is 7.76. The van der Waals surface area contributed by atoms with E-state index in [2.05, 4.69) is 5.32 Å². The van der Waals surface area contributed by atoms with Gasteiger partial charge in [-0.05, 0) is 20.4 Å². The van der Waals surface area contributed by atoms with Crippen molar-refractivity contribution in [1.82, 2.24) is 5.32 Å². The van der Waals surface area contributed by atoms with Crippen LogP contribution >= 0.6 is 0 Å². The predicted molar refractivity (Wildman–Crippen MR) is 41.5 cm³/mol. The number of carboxylic acid groups (broad SMARTS) is 1. The molecule has 4 nitrogen and oxygen atoms in total. The van der Waals surface area contributed by atoms with Crippen LogP contribution in [0.4, 0.5) is 0 Å². The molecule has 0 saturated heterocycles. The lowest BCUT2D eigenvalue weighted by Gasteiger charge is -2.09. The minimum Gasteiger partial charge on any atom is -1.00 e. The van der Waals surface area contributed by atoms with Gasteiger partial charge in [-0.3, -0.25) is 9.59 Å². The molecule has 1 atom stereocenters. The van der Waals surface area contributed by atoms with E-state index in [1.807, 2.05) is 0 Å². The van der Waals surface area contributed by atoms with E-state index in [0.29, 0.717) is 6.42 Å². The first kappa shape index (κ1) is 10.1. The van der Waals surface area contributed by atoms with Gasteiger partial charge < -0.3 is 11.8 Å². The van der Waals surface area contributed by atoms with Crippen LogP contribution < -0.4 is 5.32 Å². The van der Waals surface area contributed by atoms with Gasteiger partial charge in [0.05, 0.1) is 6.04 Å². The summed E-state index contributed by atoms with van der Waals surface area (Å²) in [6.45, 7) is 1.45. The molecule has 66 valence electrons. The second kappa shape index (κ2) is 4.85. The summed E-state index contributed by atoms with van der Waals surface area (Å²) in [5.74, 6) is -0.889. The fourth-order valence-electron chi connectivity index (χ4n) is 0.819. The van der Waals surface area contributed by atoms with E-state index < -0.39 is 5.97 Å². The summed E-state index contributed by atoms with van der Waals surface area (Å²) in [6, 6.07) is -0.314. The number of ketones is 1. The number of hydrogen-bond donors (Lipinski definition) is 2. The maximum Gasteiger partial charge on any atom is 0.303 e. The molecule has 0 spiro atoms. The van der Waals surface area contributed by atoms with Crippen molar-refractivity contribution >= 4 is 11.8 Å². The van der Waals surface area contributed by atoms with Gasteiger partial charge >= 0.3 is 5.97 Å². The van der Waals surface area contributed by atoms with E-state index in [0.717, 1.165) is 0 Å². The summed E-state index contributed by atoms with van der Waals surface area (Å²) in [4.78, 5) is 20.8. The third-order valence-electron chi connectivity index (χ3n) is 1.49. The smallest absolute Gasteiger partial charge is 0.303 e. The van der Waals surface area contributed by atoms with Gasteiger partial charge in [-0.15, -0.1) is 0 Å². The molecule has 0 aliphatic rings. The highest BCUT2D eigenvalue weighted by molar-refractivity contribution is 5.82. The Bertz CT molecular complexity index is 161. The summed E-state index contributed by atoms with van der Waals surface area (Å²) in [6.07, 6.45) is 0.395. The number of carbonyl (C=O) groups excluding carboxylic acids is 1. The standard InChI is InChI=1S/C7H13NO3.H/c1-5(9)6(8-2)3-4-7(10)11;/h6,8H,3-4H2,1-2H3,(H,10,11);/q;-1/t6-;/m0./s1/i;1+1. The monoisotopic (exact) mass is 161 g/mol. The SMILES string of the molecule is CN[C@@H](CCC(=O)O)C(C)=O.[2H-]. The molecule has 0 aliphatic heterocycles. The van der Waals surface area contributed by atoms with E-state index in [1.54, 1.807) is 7.05 Å². The summed E-state index contributed by atoms with van der Waals surface area (Å²) in [5.41, 5.74) is 0. The van der Waals surface area contributed by atoms with Crippen LogP contribution in [0.3, 0.4) is 0 Å². The van der Waals surface area contributed by atoms with Crippen LogP contribution in [0, 0.1) is 0 Å². The molecule has 0 aliphatic carbocycles. The van der Waals surface area contributed by atoms with Gasteiger partial charge in [-0.1, -0.05) is 0 Å². The van der Waals surface area contributed by atoms with Crippen LogP contribution in [-0.2, 0) is 9.59 Å². The minimum absolute atomic E-state index is 0. The average molecular weight is 161 g/mol. The molecular weight excluding hydrogens is 146 g/mol. The Kier molecular flexibility index (Phi) is 4.45. The first-order valence-electron chi connectivity index (χ1n) is 3.47. The Hall–Kier alpha value is -0.900. The van der Waals surface area contributed by atoms with Crippen molar-refractivity contribution in [2.24, 2.45) is 0 Å². The van der Waals surface area contributed by atoms with Crippen molar-refractivity contribution in [2.75, 3.05) is 7.05 Å². The van der Waals surface area contributed by atoms with Crippen molar-refractivity contribution in [1.29, 1.82) is 0 Å². The molecule has 11 heavy (non-hydrogen) atoms. The zero-order valence-corrected chi connectivity index (χ0v) is 6.76. The third-order valence-corrected chi connectivity index (χ3v) is 1.49. The first-order chi connectivity index (χ1) is 5.07. The second-order valence-corrected chi connectivity index (χ2v) is 2.38. The van der Waals surface area contributed by atoms with Gasteiger partial charge in [0.2, 0.25) is 0 Å². The Balaban J connectivity index is 0. The topological polar surface area (TPSA) is 66.4 Å². The first-order valence-corrected chi connectivity index (χ1v) is 3.47. The molecule has 0 fully saturated rings. The van der Waals surface area contributed by atoms with Gasteiger partial charge in [-0.2, -0.15) is 0 Å². The molecule has 0 saturated carbocycles. The Morgan fingerprint density at radius 1 is 1.64 bits per heavy atom. The molecule has 4 heteroatoms. The quantitative estimate of drug-likeness (QED) is 0.602. The minimum atomic E-state index is -0.869. The molecule has 0 aromatic rings. The van der Waals surface area contributed by atoms with Crippen molar-refractivity contribution in [3.63, 3.8) is 0 Å². The lowest BCUT2D eigenvalue weighted by Crippen LogP contribution is -2.32. The van der Waals surface area contributed by atoms with Crippen molar-refractivity contribution in [3.8, 4) is 0 Å². The molecule has 0 bridgehead atoms. The average Bonchev–Trinajstić information content (AvgIpc) is 1.87. The molecular formula is C7H14NO3-. The summed E-state index contributed by atoms with van der Waals surface area (Å²) >= 11 is 0.